The number of unbranched alkanes of at least 4 members (excludes halogenated alkanes) is 2. The molecule has 24 heavy (non-hydrogen) atoms. The fourth-order valence-electron chi connectivity index (χ4n) is 2.22. The van der Waals surface area contributed by atoms with Crippen molar-refractivity contribution >= 4 is 17.2 Å². The number of carbonyl (C=O) groups is 1. The maximum atomic E-state index is 11.8. The lowest BCUT2D eigenvalue weighted by Gasteiger charge is -2.14. The Morgan fingerprint density at radius 2 is 2.25 bits per heavy atom. The van der Waals surface area contributed by atoms with E-state index < -0.39 is 0 Å². The van der Waals surface area contributed by atoms with Gasteiger partial charge in [0.25, 0.3) is 5.91 Å². The number of amides is 1. The van der Waals surface area contributed by atoms with Crippen molar-refractivity contribution in [2.24, 2.45) is 0 Å². The van der Waals surface area contributed by atoms with Gasteiger partial charge >= 0.3 is 0 Å². The van der Waals surface area contributed by atoms with Crippen LogP contribution in [0.25, 0.3) is 10.7 Å². The molecule has 1 amide bonds. The van der Waals surface area contributed by atoms with Gasteiger partial charge in [0.05, 0.1) is 4.88 Å². The van der Waals surface area contributed by atoms with Crippen LogP contribution in [0.4, 0.5) is 0 Å². The van der Waals surface area contributed by atoms with Crippen LogP contribution in [-0.2, 0) is 20.7 Å². The van der Waals surface area contributed by atoms with Crippen LogP contribution in [0.5, 0.6) is 0 Å². The number of aromatic nitrogens is 2. The molecule has 0 radical (unpaired) electrons. The number of carbonyl (C=O) groups excluding carboxylic acids is 1. The van der Waals surface area contributed by atoms with Crippen LogP contribution in [0.1, 0.15) is 25.2 Å². The molecule has 1 aliphatic rings. The molecule has 128 valence electrons. The summed E-state index contributed by atoms with van der Waals surface area (Å²) in [4.78, 5) is 17.1. The van der Waals surface area contributed by atoms with E-state index in [4.69, 9.17) is 14.0 Å². The van der Waals surface area contributed by atoms with E-state index in [9.17, 15) is 4.79 Å². The lowest BCUT2D eigenvalue weighted by atomic mass is 10.2. The van der Waals surface area contributed by atoms with Crippen LogP contribution >= 0.6 is 11.3 Å². The summed E-state index contributed by atoms with van der Waals surface area (Å²) in [5.41, 5.74) is 0. The molecule has 2 aromatic heterocycles. The highest BCUT2D eigenvalue weighted by molar-refractivity contribution is 7.13. The van der Waals surface area contributed by atoms with Crippen LogP contribution in [0.3, 0.4) is 0 Å². The van der Waals surface area contributed by atoms with Crippen LogP contribution in [0.15, 0.2) is 34.1 Å². The van der Waals surface area contributed by atoms with Gasteiger partial charge in [-0.15, -0.1) is 11.3 Å². The second-order valence-corrected chi connectivity index (χ2v) is 6.20. The van der Waals surface area contributed by atoms with Gasteiger partial charge in [0, 0.05) is 13.0 Å². The van der Waals surface area contributed by atoms with Gasteiger partial charge in [-0.1, -0.05) is 17.6 Å². The molecule has 3 rings (SSSR count). The van der Waals surface area contributed by atoms with Crippen molar-refractivity contribution in [2.75, 3.05) is 19.8 Å². The quantitative estimate of drug-likeness (QED) is 0.737. The van der Waals surface area contributed by atoms with Crippen molar-refractivity contribution < 1.29 is 18.8 Å². The number of ether oxygens (including phenoxy) is 2. The molecule has 0 aromatic carbocycles. The first-order chi connectivity index (χ1) is 11.8. The summed E-state index contributed by atoms with van der Waals surface area (Å²) < 4.78 is 15.5. The SMILES string of the molecule is O=C(NCCCCCc1nc(-c2cccs2)no1)C1=COCCO1. The standard InChI is InChI=1S/C16H19N3O4S/c20-16(12-11-21-8-9-22-12)17-7-3-1-2-6-14-18-15(19-23-14)13-5-4-10-24-13/h4-5,10-11H,1-3,6-9H2,(H,17,20). The number of nitrogens with zero attached hydrogens (tertiary/aromatic N) is 2. The van der Waals surface area contributed by atoms with Gasteiger partial charge in [-0.25, -0.2) is 0 Å². The van der Waals surface area contributed by atoms with Crippen LogP contribution in [0, 0.1) is 0 Å². The van der Waals surface area contributed by atoms with Gasteiger partial charge in [0.15, 0.2) is 0 Å². The zero-order chi connectivity index (χ0) is 16.6. The molecule has 0 atom stereocenters. The number of rotatable bonds is 8. The van der Waals surface area contributed by atoms with Gasteiger partial charge in [-0.05, 0) is 24.3 Å². The summed E-state index contributed by atoms with van der Waals surface area (Å²) in [5, 5.41) is 8.78. The maximum Gasteiger partial charge on any atom is 0.289 e. The first kappa shape index (κ1) is 16.5. The highest BCUT2D eigenvalue weighted by Crippen LogP contribution is 2.21. The minimum Gasteiger partial charge on any atom is -0.494 e. The van der Waals surface area contributed by atoms with Crippen LogP contribution < -0.4 is 5.32 Å². The molecule has 0 fully saturated rings. The third kappa shape index (κ3) is 4.58. The molecule has 0 aliphatic carbocycles. The molecule has 0 saturated carbocycles. The van der Waals surface area contributed by atoms with Crippen molar-refractivity contribution in [3.05, 3.63) is 35.4 Å². The van der Waals surface area contributed by atoms with Crippen molar-refractivity contribution in [3.63, 3.8) is 0 Å². The highest BCUT2D eigenvalue weighted by atomic mass is 32.1. The topological polar surface area (TPSA) is 86.5 Å². The second kappa shape index (κ2) is 8.49. The molecule has 1 aliphatic heterocycles. The number of thiophene rings is 1. The number of hydrogen-bond donors (Lipinski definition) is 1. The van der Waals surface area contributed by atoms with E-state index in [0.29, 0.717) is 31.5 Å². The Hall–Kier alpha value is -2.35. The molecule has 0 saturated heterocycles. The van der Waals surface area contributed by atoms with Crippen molar-refractivity contribution in [3.8, 4) is 10.7 Å². The smallest absolute Gasteiger partial charge is 0.289 e. The van der Waals surface area contributed by atoms with Crippen molar-refractivity contribution in [1.82, 2.24) is 15.5 Å². The van der Waals surface area contributed by atoms with Gasteiger partial charge in [-0.2, -0.15) is 4.98 Å². The molecule has 3 heterocycles. The third-order valence-corrected chi connectivity index (χ3v) is 4.30. The second-order valence-electron chi connectivity index (χ2n) is 5.26. The molecule has 2 aromatic rings. The van der Waals surface area contributed by atoms with E-state index in [1.807, 2.05) is 17.5 Å². The van der Waals surface area contributed by atoms with Crippen molar-refractivity contribution in [2.45, 2.75) is 25.7 Å². The van der Waals surface area contributed by atoms with E-state index in [-0.39, 0.29) is 11.7 Å². The Bertz CT molecular complexity index is 681. The zero-order valence-corrected chi connectivity index (χ0v) is 14.0. The lowest BCUT2D eigenvalue weighted by molar-refractivity contribution is -0.122. The predicted molar refractivity (Wildman–Crippen MR) is 88.2 cm³/mol. The molecule has 7 nitrogen and oxygen atoms in total. The van der Waals surface area contributed by atoms with Gasteiger partial charge < -0.3 is 19.3 Å². The Balaban J connectivity index is 1.30. The summed E-state index contributed by atoms with van der Waals surface area (Å²) in [6.45, 7) is 1.50. The summed E-state index contributed by atoms with van der Waals surface area (Å²) >= 11 is 1.59. The number of nitrogens with one attached hydrogen (secondary N) is 1. The van der Waals surface area contributed by atoms with E-state index in [2.05, 4.69) is 15.5 Å². The van der Waals surface area contributed by atoms with Crippen LogP contribution in [-0.4, -0.2) is 35.8 Å². The molecule has 0 spiro atoms. The normalized spacial score (nSPS) is 13.8. The third-order valence-electron chi connectivity index (χ3n) is 3.44. The van der Waals surface area contributed by atoms with E-state index in [0.717, 1.165) is 30.6 Å². The van der Waals surface area contributed by atoms with Crippen LogP contribution in [0.2, 0.25) is 0 Å². The summed E-state index contributed by atoms with van der Waals surface area (Å²) in [5.74, 6) is 1.32. The average Bonchev–Trinajstić information content (AvgIpc) is 3.29. The summed E-state index contributed by atoms with van der Waals surface area (Å²) in [6, 6.07) is 3.93. The Morgan fingerprint density at radius 3 is 3.04 bits per heavy atom. The Labute approximate surface area is 143 Å². The molecule has 0 unspecified atom stereocenters. The fourth-order valence-corrected chi connectivity index (χ4v) is 2.87. The summed E-state index contributed by atoms with van der Waals surface area (Å²) in [7, 11) is 0. The fraction of sp³-hybridized carbons (Fsp3) is 0.438. The minimum atomic E-state index is -0.229. The molecule has 1 N–H and O–H groups in total. The van der Waals surface area contributed by atoms with Gasteiger partial charge in [0.1, 0.15) is 19.5 Å². The zero-order valence-electron chi connectivity index (χ0n) is 13.2. The van der Waals surface area contributed by atoms with Gasteiger partial charge in [0.2, 0.25) is 17.5 Å². The Morgan fingerprint density at radius 1 is 1.29 bits per heavy atom. The Kier molecular flexibility index (Phi) is 5.84. The average molecular weight is 349 g/mol. The lowest BCUT2D eigenvalue weighted by Crippen LogP contribution is -2.29. The van der Waals surface area contributed by atoms with E-state index in [1.165, 1.54) is 6.26 Å². The van der Waals surface area contributed by atoms with E-state index in [1.54, 1.807) is 11.3 Å². The first-order valence-electron chi connectivity index (χ1n) is 7.92. The predicted octanol–water partition coefficient (Wildman–Crippen LogP) is 2.52. The minimum absolute atomic E-state index is 0.229. The maximum absolute atomic E-state index is 11.8. The molecule has 0 bridgehead atoms. The number of hydrogen-bond acceptors (Lipinski definition) is 7. The largest absolute Gasteiger partial charge is 0.494 e. The van der Waals surface area contributed by atoms with Crippen molar-refractivity contribution in [1.29, 1.82) is 0 Å². The highest BCUT2D eigenvalue weighted by Gasteiger charge is 2.14. The van der Waals surface area contributed by atoms with E-state index >= 15 is 0 Å². The number of aryl methyl sites for hydroxylation is 1. The molecular weight excluding hydrogens is 330 g/mol. The summed E-state index contributed by atoms with van der Waals surface area (Å²) in [6.07, 6.45) is 4.89. The van der Waals surface area contributed by atoms with Gasteiger partial charge in [-0.3, -0.25) is 4.79 Å². The first-order valence-corrected chi connectivity index (χ1v) is 8.80. The monoisotopic (exact) mass is 349 g/mol. The molecule has 8 heteroatoms. The molecular formula is C16H19N3O4S.